The van der Waals surface area contributed by atoms with Crippen LogP contribution in [-0.4, -0.2) is 17.7 Å². The highest BCUT2D eigenvalue weighted by atomic mass is 35.5. The summed E-state index contributed by atoms with van der Waals surface area (Å²) in [5, 5.41) is 9.53. The number of ether oxygens (including phenoxy) is 1. The average Bonchev–Trinajstić information content (AvgIpc) is 2.12. The largest absolute Gasteiger partial charge is 0.506 e. The standard InChI is InChI=1S/C10H11ClO3/c1-2-14-10(13)6-7-3-4-8(11)9(12)5-7/h3-5,12H,2,6H2,1H3. The number of phenolic OH excluding ortho intramolecular Hbond substituents is 1. The van der Waals surface area contributed by atoms with Crippen LogP contribution in [0, 0.1) is 0 Å². The van der Waals surface area contributed by atoms with Gasteiger partial charge in [-0.05, 0) is 24.6 Å². The maximum Gasteiger partial charge on any atom is 0.310 e. The minimum Gasteiger partial charge on any atom is -0.506 e. The lowest BCUT2D eigenvalue weighted by atomic mass is 10.1. The van der Waals surface area contributed by atoms with Crippen LogP contribution >= 0.6 is 11.6 Å². The topological polar surface area (TPSA) is 46.5 Å². The van der Waals surface area contributed by atoms with E-state index < -0.39 is 0 Å². The van der Waals surface area contributed by atoms with Crippen LogP contribution in [0.5, 0.6) is 5.75 Å². The van der Waals surface area contributed by atoms with E-state index >= 15 is 0 Å². The Balaban J connectivity index is 2.68. The lowest BCUT2D eigenvalue weighted by molar-refractivity contribution is -0.142. The van der Waals surface area contributed by atoms with Crippen LogP contribution < -0.4 is 0 Å². The molecule has 0 aliphatic heterocycles. The van der Waals surface area contributed by atoms with Gasteiger partial charge in [0, 0.05) is 0 Å². The molecule has 76 valence electrons. The number of hydrogen-bond donors (Lipinski definition) is 1. The molecule has 1 aromatic carbocycles. The maximum absolute atomic E-state index is 11.1. The second-order valence-electron chi connectivity index (χ2n) is 2.77. The molecule has 0 spiro atoms. The summed E-state index contributed by atoms with van der Waals surface area (Å²) in [5.41, 5.74) is 0.686. The van der Waals surface area contributed by atoms with Crippen molar-refractivity contribution < 1.29 is 14.6 Å². The first-order chi connectivity index (χ1) is 6.63. The summed E-state index contributed by atoms with van der Waals surface area (Å²) >= 11 is 5.61. The second kappa shape index (κ2) is 4.86. The molecule has 3 nitrogen and oxygen atoms in total. The molecule has 1 N–H and O–H groups in total. The third-order valence-corrected chi connectivity index (χ3v) is 1.98. The maximum atomic E-state index is 11.1. The van der Waals surface area contributed by atoms with E-state index in [2.05, 4.69) is 0 Å². The Hall–Kier alpha value is -1.22. The third kappa shape index (κ3) is 2.92. The molecule has 0 heterocycles. The summed E-state index contributed by atoms with van der Waals surface area (Å²) in [7, 11) is 0. The van der Waals surface area contributed by atoms with Crippen LogP contribution in [0.1, 0.15) is 12.5 Å². The number of rotatable bonds is 3. The molecule has 0 aliphatic carbocycles. The van der Waals surface area contributed by atoms with E-state index in [1.807, 2.05) is 0 Å². The van der Waals surface area contributed by atoms with Gasteiger partial charge in [-0.15, -0.1) is 0 Å². The molecule has 14 heavy (non-hydrogen) atoms. The number of aromatic hydroxyl groups is 1. The quantitative estimate of drug-likeness (QED) is 0.785. The van der Waals surface area contributed by atoms with E-state index in [0.717, 1.165) is 0 Å². The molecule has 0 radical (unpaired) electrons. The first-order valence-electron chi connectivity index (χ1n) is 4.26. The van der Waals surface area contributed by atoms with Gasteiger partial charge in [0.05, 0.1) is 18.1 Å². The number of hydrogen-bond acceptors (Lipinski definition) is 3. The van der Waals surface area contributed by atoms with E-state index in [4.69, 9.17) is 16.3 Å². The van der Waals surface area contributed by atoms with Gasteiger partial charge < -0.3 is 9.84 Å². The van der Waals surface area contributed by atoms with Crippen molar-refractivity contribution in [2.24, 2.45) is 0 Å². The van der Waals surface area contributed by atoms with Gasteiger partial charge >= 0.3 is 5.97 Å². The first-order valence-corrected chi connectivity index (χ1v) is 4.64. The molecule has 1 rings (SSSR count). The molecule has 0 atom stereocenters. The minimum atomic E-state index is -0.311. The predicted octanol–water partition coefficient (Wildman–Crippen LogP) is 2.15. The monoisotopic (exact) mass is 214 g/mol. The second-order valence-corrected chi connectivity index (χ2v) is 3.17. The average molecular weight is 215 g/mol. The highest BCUT2D eigenvalue weighted by Gasteiger charge is 2.05. The number of esters is 1. The lowest BCUT2D eigenvalue weighted by Gasteiger charge is -2.03. The molecule has 0 bridgehead atoms. The smallest absolute Gasteiger partial charge is 0.310 e. The van der Waals surface area contributed by atoms with Crippen LogP contribution in [0.15, 0.2) is 18.2 Å². The molecule has 1 aromatic rings. The van der Waals surface area contributed by atoms with Gasteiger partial charge in [-0.2, -0.15) is 0 Å². The zero-order chi connectivity index (χ0) is 10.6. The van der Waals surface area contributed by atoms with E-state index in [-0.39, 0.29) is 23.2 Å². The van der Waals surface area contributed by atoms with Gasteiger partial charge in [-0.1, -0.05) is 17.7 Å². The molecule has 4 heteroatoms. The highest BCUT2D eigenvalue weighted by molar-refractivity contribution is 6.32. The molecule has 0 saturated carbocycles. The van der Waals surface area contributed by atoms with Gasteiger partial charge in [-0.25, -0.2) is 0 Å². The van der Waals surface area contributed by atoms with E-state index in [0.29, 0.717) is 12.2 Å². The third-order valence-electron chi connectivity index (χ3n) is 1.66. The molecular formula is C10H11ClO3. The highest BCUT2D eigenvalue weighted by Crippen LogP contribution is 2.23. The van der Waals surface area contributed by atoms with Gasteiger partial charge in [0.15, 0.2) is 0 Å². The molecule has 0 unspecified atom stereocenters. The Kier molecular flexibility index (Phi) is 3.77. The Labute approximate surface area is 87.3 Å². The van der Waals surface area contributed by atoms with Crippen LogP contribution in [-0.2, 0) is 16.0 Å². The van der Waals surface area contributed by atoms with E-state index in [1.165, 1.54) is 6.07 Å². The van der Waals surface area contributed by atoms with Crippen molar-refractivity contribution >= 4 is 17.6 Å². The summed E-state index contributed by atoms with van der Waals surface area (Å²) < 4.78 is 4.76. The summed E-state index contributed by atoms with van der Waals surface area (Å²) in [6, 6.07) is 4.68. The number of benzene rings is 1. The minimum absolute atomic E-state index is 0.0199. The van der Waals surface area contributed by atoms with Crippen molar-refractivity contribution in [2.45, 2.75) is 13.3 Å². The van der Waals surface area contributed by atoms with Crippen molar-refractivity contribution in [1.82, 2.24) is 0 Å². The number of carbonyl (C=O) groups excluding carboxylic acids is 1. The van der Waals surface area contributed by atoms with Gasteiger partial charge in [0.1, 0.15) is 5.75 Å². The number of carbonyl (C=O) groups is 1. The Morgan fingerprint density at radius 3 is 2.86 bits per heavy atom. The fourth-order valence-electron chi connectivity index (χ4n) is 1.05. The van der Waals surface area contributed by atoms with Crippen molar-refractivity contribution in [2.75, 3.05) is 6.61 Å². The zero-order valence-electron chi connectivity index (χ0n) is 7.79. The summed E-state index contributed by atoms with van der Waals surface area (Å²) in [4.78, 5) is 11.1. The van der Waals surface area contributed by atoms with Crippen molar-refractivity contribution in [3.05, 3.63) is 28.8 Å². The lowest BCUT2D eigenvalue weighted by Crippen LogP contribution is -2.07. The van der Waals surface area contributed by atoms with Crippen LogP contribution in [0.4, 0.5) is 0 Å². The molecular weight excluding hydrogens is 204 g/mol. The van der Waals surface area contributed by atoms with E-state index in [1.54, 1.807) is 19.1 Å². The predicted molar refractivity (Wildman–Crippen MR) is 53.5 cm³/mol. The molecule has 0 aromatic heterocycles. The van der Waals surface area contributed by atoms with Gasteiger partial charge in [0.2, 0.25) is 0 Å². The fourth-order valence-corrected chi connectivity index (χ4v) is 1.16. The fraction of sp³-hybridized carbons (Fsp3) is 0.300. The molecule has 0 amide bonds. The Morgan fingerprint density at radius 1 is 1.57 bits per heavy atom. The van der Waals surface area contributed by atoms with Crippen molar-refractivity contribution in [3.8, 4) is 5.75 Å². The summed E-state index contributed by atoms with van der Waals surface area (Å²) in [5.74, 6) is -0.331. The molecule has 0 fully saturated rings. The van der Waals surface area contributed by atoms with Crippen molar-refractivity contribution in [3.63, 3.8) is 0 Å². The molecule has 0 aliphatic rings. The van der Waals surface area contributed by atoms with Crippen LogP contribution in [0.3, 0.4) is 0 Å². The number of halogens is 1. The Morgan fingerprint density at radius 2 is 2.29 bits per heavy atom. The summed E-state index contributed by atoms with van der Waals surface area (Å²) in [6.07, 6.45) is 0.151. The van der Waals surface area contributed by atoms with Crippen LogP contribution in [0.25, 0.3) is 0 Å². The zero-order valence-corrected chi connectivity index (χ0v) is 8.54. The van der Waals surface area contributed by atoms with Crippen molar-refractivity contribution in [1.29, 1.82) is 0 Å². The normalized spacial score (nSPS) is 9.86. The SMILES string of the molecule is CCOC(=O)Cc1ccc(Cl)c(O)c1. The number of phenols is 1. The van der Waals surface area contributed by atoms with E-state index in [9.17, 15) is 9.90 Å². The van der Waals surface area contributed by atoms with Gasteiger partial charge in [0.25, 0.3) is 0 Å². The molecule has 0 saturated heterocycles. The summed E-state index contributed by atoms with van der Waals surface area (Å²) in [6.45, 7) is 2.11. The first kappa shape index (κ1) is 10.9. The van der Waals surface area contributed by atoms with Crippen LogP contribution in [0.2, 0.25) is 5.02 Å². The van der Waals surface area contributed by atoms with Gasteiger partial charge in [-0.3, -0.25) is 4.79 Å². The Bertz CT molecular complexity index is 336.